The van der Waals surface area contributed by atoms with E-state index in [9.17, 15) is 4.79 Å². The molecule has 0 bridgehead atoms. The first-order valence-electron chi connectivity index (χ1n) is 9.42. The molecule has 4 nitrogen and oxygen atoms in total. The zero-order chi connectivity index (χ0) is 17.9. The number of carbonyl (C=O) groups excluding carboxylic acids is 1. The maximum absolute atomic E-state index is 12.9. The van der Waals surface area contributed by atoms with Crippen LogP contribution in [0.2, 0.25) is 5.02 Å². The number of carbonyl (C=O) groups is 1. The van der Waals surface area contributed by atoms with Gasteiger partial charge >= 0.3 is 0 Å². The van der Waals surface area contributed by atoms with Gasteiger partial charge in [0.1, 0.15) is 0 Å². The lowest BCUT2D eigenvalue weighted by Gasteiger charge is -2.37. The molecule has 1 aliphatic carbocycles. The van der Waals surface area contributed by atoms with Crippen molar-refractivity contribution in [2.75, 3.05) is 31.1 Å². The molecule has 2 aromatic rings. The van der Waals surface area contributed by atoms with Crippen molar-refractivity contribution in [1.82, 2.24) is 5.32 Å². The third kappa shape index (κ3) is 3.87. The summed E-state index contributed by atoms with van der Waals surface area (Å²) in [6.45, 7) is 3.64. The fraction of sp³-hybridized carbons (Fsp3) is 0.381. The van der Waals surface area contributed by atoms with Crippen LogP contribution in [0.15, 0.2) is 54.6 Å². The van der Waals surface area contributed by atoms with E-state index in [4.69, 9.17) is 11.6 Å². The number of rotatable bonds is 5. The lowest BCUT2D eigenvalue weighted by atomic mass is 10.0. The number of anilines is 1. The summed E-state index contributed by atoms with van der Waals surface area (Å²) in [5.74, 6) is 0.167. The van der Waals surface area contributed by atoms with Gasteiger partial charge in [0.15, 0.2) is 6.04 Å². The molecule has 1 atom stereocenters. The monoisotopic (exact) mass is 370 g/mol. The first kappa shape index (κ1) is 17.4. The zero-order valence-electron chi connectivity index (χ0n) is 14.8. The molecular formula is C21H25ClN3O+. The van der Waals surface area contributed by atoms with Crippen LogP contribution in [0.3, 0.4) is 0 Å². The topological polar surface area (TPSA) is 36.8 Å². The summed E-state index contributed by atoms with van der Waals surface area (Å²) in [6, 6.07) is 18.4. The second-order valence-electron chi connectivity index (χ2n) is 7.22. The summed E-state index contributed by atoms with van der Waals surface area (Å²) >= 11 is 6.35. The van der Waals surface area contributed by atoms with Crippen molar-refractivity contribution in [3.8, 4) is 0 Å². The molecule has 2 aliphatic rings. The highest BCUT2D eigenvalue weighted by Gasteiger charge is 2.36. The minimum absolute atomic E-state index is 0.134. The predicted molar refractivity (Wildman–Crippen MR) is 105 cm³/mol. The van der Waals surface area contributed by atoms with Crippen molar-refractivity contribution in [3.63, 3.8) is 0 Å². The van der Waals surface area contributed by atoms with Gasteiger partial charge in [-0.25, -0.2) is 0 Å². The Morgan fingerprint density at radius 3 is 2.35 bits per heavy atom. The number of quaternary nitrogens is 1. The Bertz CT molecular complexity index is 755. The summed E-state index contributed by atoms with van der Waals surface area (Å²) < 4.78 is 0. The first-order valence-corrected chi connectivity index (χ1v) is 9.79. The largest absolute Gasteiger partial charge is 0.359 e. The predicted octanol–water partition coefficient (Wildman–Crippen LogP) is 2.06. The van der Waals surface area contributed by atoms with Gasteiger partial charge in [-0.05, 0) is 25.0 Å². The molecule has 0 spiro atoms. The second-order valence-corrected chi connectivity index (χ2v) is 7.63. The highest BCUT2D eigenvalue weighted by molar-refractivity contribution is 6.33. The van der Waals surface area contributed by atoms with E-state index in [0.717, 1.165) is 55.3 Å². The van der Waals surface area contributed by atoms with Crippen molar-refractivity contribution in [2.45, 2.75) is 24.9 Å². The Morgan fingerprint density at radius 2 is 1.69 bits per heavy atom. The van der Waals surface area contributed by atoms with Crippen LogP contribution in [0.1, 0.15) is 24.4 Å². The first-order chi connectivity index (χ1) is 12.7. The third-order valence-electron chi connectivity index (χ3n) is 5.33. The standard InChI is InChI=1S/C21H24ClN3O/c22-18-8-4-5-9-19(18)24-12-14-25(15-13-24)20(16-6-2-1-3-7-16)21(26)23-17-10-11-17/h1-9,17,20H,10-15H2,(H,23,26)/p+1/t20-/m1/s1. The van der Waals surface area contributed by atoms with Crippen LogP contribution < -0.4 is 15.1 Å². The molecule has 5 heteroatoms. The number of nitrogens with zero attached hydrogens (tertiary/aromatic N) is 1. The number of amides is 1. The number of benzene rings is 2. The van der Waals surface area contributed by atoms with Crippen LogP contribution in [0.5, 0.6) is 0 Å². The van der Waals surface area contributed by atoms with Gasteiger partial charge in [-0.15, -0.1) is 0 Å². The molecule has 2 N–H and O–H groups in total. The van der Waals surface area contributed by atoms with Gasteiger partial charge in [0.05, 0.1) is 36.9 Å². The molecule has 2 fully saturated rings. The molecule has 4 rings (SSSR count). The normalized spacial score (nSPS) is 19.2. The molecule has 2 aromatic carbocycles. The van der Waals surface area contributed by atoms with Gasteiger partial charge in [0.25, 0.3) is 5.91 Å². The number of halogens is 1. The third-order valence-corrected chi connectivity index (χ3v) is 5.65. The summed E-state index contributed by atoms with van der Waals surface area (Å²) in [4.78, 5) is 16.6. The Kier molecular flexibility index (Phi) is 5.14. The number of hydrogen-bond donors (Lipinski definition) is 2. The molecule has 26 heavy (non-hydrogen) atoms. The van der Waals surface area contributed by atoms with E-state index in [1.807, 2.05) is 36.4 Å². The number of hydrogen-bond acceptors (Lipinski definition) is 2. The van der Waals surface area contributed by atoms with Gasteiger partial charge in [-0.3, -0.25) is 4.79 Å². The van der Waals surface area contributed by atoms with E-state index in [1.165, 1.54) is 4.90 Å². The van der Waals surface area contributed by atoms with Crippen LogP contribution in [0.25, 0.3) is 0 Å². The highest BCUT2D eigenvalue weighted by atomic mass is 35.5. The van der Waals surface area contributed by atoms with Gasteiger partial charge in [-0.2, -0.15) is 0 Å². The smallest absolute Gasteiger partial charge is 0.283 e. The van der Waals surface area contributed by atoms with E-state index < -0.39 is 0 Å². The van der Waals surface area contributed by atoms with E-state index in [2.05, 4.69) is 28.4 Å². The minimum Gasteiger partial charge on any atom is -0.359 e. The molecule has 0 unspecified atom stereocenters. The highest BCUT2D eigenvalue weighted by Crippen LogP contribution is 2.25. The molecule has 1 amide bonds. The maximum Gasteiger partial charge on any atom is 0.283 e. The Morgan fingerprint density at radius 1 is 1.04 bits per heavy atom. The van der Waals surface area contributed by atoms with Crippen molar-refractivity contribution < 1.29 is 9.69 Å². The number of piperazine rings is 1. The summed E-state index contributed by atoms with van der Waals surface area (Å²) in [5.41, 5.74) is 2.19. The fourth-order valence-electron chi connectivity index (χ4n) is 3.76. The van der Waals surface area contributed by atoms with Gasteiger partial charge in [0.2, 0.25) is 0 Å². The fourth-order valence-corrected chi connectivity index (χ4v) is 4.02. The molecule has 136 valence electrons. The molecule has 0 radical (unpaired) electrons. The molecule has 1 heterocycles. The van der Waals surface area contributed by atoms with Crippen molar-refractivity contribution >= 4 is 23.2 Å². The summed E-state index contributed by atoms with van der Waals surface area (Å²) in [7, 11) is 0. The van der Waals surface area contributed by atoms with Crippen LogP contribution in [0.4, 0.5) is 5.69 Å². The molecule has 1 saturated carbocycles. The van der Waals surface area contributed by atoms with Crippen molar-refractivity contribution in [2.24, 2.45) is 0 Å². The molecule has 1 aliphatic heterocycles. The van der Waals surface area contributed by atoms with E-state index in [1.54, 1.807) is 0 Å². The minimum atomic E-state index is -0.134. The van der Waals surface area contributed by atoms with Gasteiger partial charge in [-0.1, -0.05) is 54.1 Å². The Labute approximate surface area is 159 Å². The van der Waals surface area contributed by atoms with Crippen LogP contribution in [-0.4, -0.2) is 38.1 Å². The lowest BCUT2D eigenvalue weighted by Crippen LogP contribution is -3.16. The quantitative estimate of drug-likeness (QED) is 0.845. The van der Waals surface area contributed by atoms with E-state index in [0.29, 0.717) is 6.04 Å². The summed E-state index contributed by atoms with van der Waals surface area (Å²) in [5, 5.41) is 4.00. The number of nitrogens with one attached hydrogen (secondary N) is 2. The Balaban J connectivity index is 1.49. The van der Waals surface area contributed by atoms with Crippen LogP contribution in [-0.2, 0) is 4.79 Å². The van der Waals surface area contributed by atoms with Gasteiger partial charge in [0, 0.05) is 11.6 Å². The maximum atomic E-state index is 12.9. The molecule has 1 saturated heterocycles. The lowest BCUT2D eigenvalue weighted by molar-refractivity contribution is -0.922. The average Bonchev–Trinajstić information content (AvgIpc) is 3.48. The van der Waals surface area contributed by atoms with Crippen molar-refractivity contribution in [1.29, 1.82) is 0 Å². The van der Waals surface area contributed by atoms with Crippen molar-refractivity contribution in [3.05, 3.63) is 65.2 Å². The zero-order valence-corrected chi connectivity index (χ0v) is 15.6. The second kappa shape index (κ2) is 7.68. The van der Waals surface area contributed by atoms with Gasteiger partial charge < -0.3 is 15.1 Å². The summed E-state index contributed by atoms with van der Waals surface area (Å²) in [6.07, 6.45) is 2.23. The van der Waals surface area contributed by atoms with Crippen LogP contribution >= 0.6 is 11.6 Å². The Hall–Kier alpha value is -2.04. The number of para-hydroxylation sites is 1. The van der Waals surface area contributed by atoms with Crippen LogP contribution in [0, 0.1) is 0 Å². The SMILES string of the molecule is O=C(NC1CC1)[C@@H](c1ccccc1)[NH+]1CCN(c2ccccc2Cl)CC1. The van der Waals surface area contributed by atoms with E-state index >= 15 is 0 Å². The van der Waals surface area contributed by atoms with E-state index in [-0.39, 0.29) is 11.9 Å². The average molecular weight is 371 g/mol. The molecular weight excluding hydrogens is 346 g/mol. The molecule has 0 aromatic heterocycles.